The summed E-state index contributed by atoms with van der Waals surface area (Å²) in [6.07, 6.45) is 7.09. The van der Waals surface area contributed by atoms with E-state index in [9.17, 15) is 9.59 Å². The van der Waals surface area contributed by atoms with Crippen molar-refractivity contribution in [2.45, 2.75) is 38.6 Å². The number of carbonyl (C=O) groups is 2. The van der Waals surface area contributed by atoms with Gasteiger partial charge in [-0.05, 0) is 30.9 Å². The van der Waals surface area contributed by atoms with Crippen molar-refractivity contribution in [3.05, 3.63) is 36.2 Å². The summed E-state index contributed by atoms with van der Waals surface area (Å²) in [6.45, 7) is 1.86. The van der Waals surface area contributed by atoms with Crippen molar-refractivity contribution in [1.29, 1.82) is 0 Å². The number of fused-ring (bicyclic) bond motifs is 1. The summed E-state index contributed by atoms with van der Waals surface area (Å²) in [4.78, 5) is 27.9. The van der Waals surface area contributed by atoms with E-state index in [0.29, 0.717) is 17.4 Å². The summed E-state index contributed by atoms with van der Waals surface area (Å²) in [7, 11) is 0. The molecule has 0 bridgehead atoms. The van der Waals surface area contributed by atoms with E-state index < -0.39 is 5.97 Å². The number of aromatic nitrogens is 1. The Morgan fingerprint density at radius 3 is 2.92 bits per heavy atom. The molecule has 1 amide bonds. The fraction of sp³-hybridized carbons (Fsp3) is 0.421. The number of oxazole rings is 1. The number of carbonyl (C=O) groups excluding carboxylic acids is 2. The van der Waals surface area contributed by atoms with Gasteiger partial charge < -0.3 is 14.5 Å². The van der Waals surface area contributed by atoms with Gasteiger partial charge in [0.2, 0.25) is 5.89 Å². The Balaban J connectivity index is 1.46. The van der Waals surface area contributed by atoms with Crippen LogP contribution >= 0.6 is 0 Å². The number of esters is 1. The van der Waals surface area contributed by atoms with Crippen molar-refractivity contribution in [3.8, 4) is 0 Å². The minimum absolute atomic E-state index is 0.176. The summed E-state index contributed by atoms with van der Waals surface area (Å²) in [5.74, 6) is -0.0810. The third-order valence-corrected chi connectivity index (χ3v) is 4.48. The van der Waals surface area contributed by atoms with Crippen LogP contribution in [-0.4, -0.2) is 29.5 Å². The van der Waals surface area contributed by atoms with Crippen molar-refractivity contribution in [2.24, 2.45) is 5.92 Å². The Hall–Kier alpha value is -2.63. The Morgan fingerprint density at radius 1 is 1.32 bits per heavy atom. The smallest absolute Gasteiger partial charge is 0.331 e. The number of amides is 1. The van der Waals surface area contributed by atoms with Gasteiger partial charge in [-0.25, -0.2) is 9.78 Å². The number of rotatable bonds is 5. The Morgan fingerprint density at radius 2 is 2.12 bits per heavy atom. The van der Waals surface area contributed by atoms with Crippen LogP contribution in [-0.2, 0) is 14.3 Å². The lowest BCUT2D eigenvalue weighted by molar-refractivity contribution is -0.144. The molecule has 1 saturated carbocycles. The predicted octanol–water partition coefficient (Wildman–Crippen LogP) is 3.08. The van der Waals surface area contributed by atoms with E-state index in [0.717, 1.165) is 24.8 Å². The van der Waals surface area contributed by atoms with Crippen molar-refractivity contribution >= 4 is 29.1 Å². The SMILES string of the molecule is C[C@H]1CCCC[C@H]1NC(=O)COC(=O)/C=C/c1nc2ccccc2o1. The summed E-state index contributed by atoms with van der Waals surface area (Å²) >= 11 is 0. The van der Waals surface area contributed by atoms with Gasteiger partial charge in [0.25, 0.3) is 5.91 Å². The summed E-state index contributed by atoms with van der Waals surface area (Å²) in [5, 5.41) is 2.94. The number of hydrogen-bond acceptors (Lipinski definition) is 5. The van der Waals surface area contributed by atoms with Gasteiger partial charge in [0.05, 0.1) is 0 Å². The minimum atomic E-state index is -0.603. The van der Waals surface area contributed by atoms with Crippen LogP contribution in [0.3, 0.4) is 0 Å². The molecule has 0 aliphatic heterocycles. The molecular formula is C19H22N2O4. The monoisotopic (exact) mass is 342 g/mol. The molecule has 0 radical (unpaired) electrons. The molecule has 1 heterocycles. The minimum Gasteiger partial charge on any atom is -0.452 e. The van der Waals surface area contributed by atoms with Crippen LogP contribution in [0.2, 0.25) is 0 Å². The van der Waals surface area contributed by atoms with Crippen molar-refractivity contribution < 1.29 is 18.7 Å². The maximum absolute atomic E-state index is 11.9. The van der Waals surface area contributed by atoms with Gasteiger partial charge >= 0.3 is 5.97 Å². The van der Waals surface area contributed by atoms with Gasteiger partial charge in [-0.15, -0.1) is 0 Å². The van der Waals surface area contributed by atoms with Gasteiger partial charge in [0, 0.05) is 18.2 Å². The van der Waals surface area contributed by atoms with E-state index in [-0.39, 0.29) is 18.6 Å². The first-order valence-electron chi connectivity index (χ1n) is 8.61. The Labute approximate surface area is 146 Å². The van der Waals surface area contributed by atoms with Crippen LogP contribution < -0.4 is 5.32 Å². The molecule has 1 aliphatic carbocycles. The lowest BCUT2D eigenvalue weighted by Gasteiger charge is -2.29. The number of para-hydroxylation sites is 2. The van der Waals surface area contributed by atoms with Gasteiger partial charge in [0.15, 0.2) is 12.2 Å². The predicted molar refractivity (Wildman–Crippen MR) is 93.6 cm³/mol. The topological polar surface area (TPSA) is 81.4 Å². The number of ether oxygens (including phenoxy) is 1. The average Bonchev–Trinajstić information content (AvgIpc) is 3.03. The molecule has 2 atom stereocenters. The first-order chi connectivity index (χ1) is 12.1. The molecule has 6 nitrogen and oxygen atoms in total. The standard InChI is InChI=1S/C19H22N2O4/c1-13-6-2-3-7-14(13)20-17(22)12-24-19(23)11-10-18-21-15-8-4-5-9-16(15)25-18/h4-5,8-11,13-14H,2-3,6-7,12H2,1H3,(H,20,22)/b11-10+/t13-,14+/m0/s1. The fourth-order valence-corrected chi connectivity index (χ4v) is 3.06. The third-order valence-electron chi connectivity index (χ3n) is 4.48. The molecule has 0 saturated heterocycles. The average molecular weight is 342 g/mol. The van der Waals surface area contributed by atoms with E-state index in [2.05, 4.69) is 17.2 Å². The molecule has 1 N–H and O–H groups in total. The van der Waals surface area contributed by atoms with Crippen LogP contribution in [0.25, 0.3) is 17.2 Å². The molecule has 132 valence electrons. The van der Waals surface area contributed by atoms with Gasteiger partial charge in [-0.3, -0.25) is 4.79 Å². The van der Waals surface area contributed by atoms with Gasteiger partial charge in [-0.2, -0.15) is 0 Å². The zero-order valence-electron chi connectivity index (χ0n) is 14.2. The fourth-order valence-electron chi connectivity index (χ4n) is 3.06. The van der Waals surface area contributed by atoms with E-state index in [1.807, 2.05) is 18.2 Å². The molecule has 1 aromatic heterocycles. The van der Waals surface area contributed by atoms with Crippen molar-refractivity contribution in [3.63, 3.8) is 0 Å². The largest absolute Gasteiger partial charge is 0.452 e. The van der Waals surface area contributed by atoms with Gasteiger partial charge in [-0.1, -0.05) is 31.9 Å². The highest BCUT2D eigenvalue weighted by molar-refractivity contribution is 5.89. The van der Waals surface area contributed by atoms with E-state index in [4.69, 9.17) is 9.15 Å². The molecule has 3 rings (SSSR count). The molecule has 0 spiro atoms. The highest BCUT2D eigenvalue weighted by Crippen LogP contribution is 2.23. The third kappa shape index (κ3) is 4.68. The van der Waals surface area contributed by atoms with E-state index >= 15 is 0 Å². The molecule has 1 aromatic carbocycles. The Bertz CT molecular complexity index is 748. The molecule has 25 heavy (non-hydrogen) atoms. The normalized spacial score (nSPS) is 20.7. The zero-order valence-corrected chi connectivity index (χ0v) is 14.2. The maximum atomic E-state index is 11.9. The maximum Gasteiger partial charge on any atom is 0.331 e. The number of hydrogen-bond donors (Lipinski definition) is 1. The van der Waals surface area contributed by atoms with Crippen LogP contribution in [0.5, 0.6) is 0 Å². The second-order valence-corrected chi connectivity index (χ2v) is 6.40. The lowest BCUT2D eigenvalue weighted by atomic mass is 9.86. The second kappa shape index (κ2) is 7.96. The number of benzene rings is 1. The van der Waals surface area contributed by atoms with E-state index in [1.54, 1.807) is 6.07 Å². The molecular weight excluding hydrogens is 320 g/mol. The van der Waals surface area contributed by atoms with Crippen LogP contribution in [0.4, 0.5) is 0 Å². The van der Waals surface area contributed by atoms with E-state index in [1.165, 1.54) is 18.6 Å². The summed E-state index contributed by atoms with van der Waals surface area (Å²) in [5.41, 5.74) is 1.37. The summed E-state index contributed by atoms with van der Waals surface area (Å²) < 4.78 is 10.4. The lowest BCUT2D eigenvalue weighted by Crippen LogP contribution is -2.42. The first kappa shape index (κ1) is 17.2. The zero-order chi connectivity index (χ0) is 17.6. The van der Waals surface area contributed by atoms with Crippen molar-refractivity contribution in [2.75, 3.05) is 6.61 Å². The van der Waals surface area contributed by atoms with Crippen LogP contribution in [0.1, 0.15) is 38.5 Å². The van der Waals surface area contributed by atoms with Crippen molar-refractivity contribution in [1.82, 2.24) is 10.3 Å². The molecule has 2 aromatic rings. The molecule has 0 unspecified atom stereocenters. The first-order valence-corrected chi connectivity index (χ1v) is 8.61. The highest BCUT2D eigenvalue weighted by atomic mass is 16.5. The van der Waals surface area contributed by atoms with Gasteiger partial charge in [0.1, 0.15) is 5.52 Å². The Kier molecular flexibility index (Phi) is 5.48. The quantitative estimate of drug-likeness (QED) is 0.667. The highest BCUT2D eigenvalue weighted by Gasteiger charge is 2.22. The second-order valence-electron chi connectivity index (χ2n) is 6.40. The molecule has 1 aliphatic rings. The number of nitrogens with zero attached hydrogens (tertiary/aromatic N) is 1. The van der Waals surface area contributed by atoms with Crippen LogP contribution in [0, 0.1) is 5.92 Å². The number of nitrogens with one attached hydrogen (secondary N) is 1. The molecule has 6 heteroatoms. The van der Waals surface area contributed by atoms with Crippen LogP contribution in [0.15, 0.2) is 34.8 Å². The summed E-state index contributed by atoms with van der Waals surface area (Å²) in [6, 6.07) is 7.51. The molecule has 1 fully saturated rings.